The van der Waals surface area contributed by atoms with Crippen LogP contribution in [0.5, 0.6) is 0 Å². The highest BCUT2D eigenvalue weighted by molar-refractivity contribution is 4.94. The summed E-state index contributed by atoms with van der Waals surface area (Å²) in [7, 11) is 4.30. The average molecular weight is 199 g/mol. The zero-order valence-electron chi connectivity index (χ0n) is 10.3. The highest BCUT2D eigenvalue weighted by Crippen LogP contribution is 2.20. The summed E-state index contributed by atoms with van der Waals surface area (Å²) in [5.41, 5.74) is 0.299. The Morgan fingerprint density at radius 1 is 1.43 bits per heavy atom. The Bertz CT molecular complexity index is 177. The van der Waals surface area contributed by atoms with Gasteiger partial charge in [-0.25, -0.2) is 0 Å². The highest BCUT2D eigenvalue weighted by Gasteiger charge is 2.34. The lowest BCUT2D eigenvalue weighted by molar-refractivity contribution is 0.0308. The van der Waals surface area contributed by atoms with E-state index in [1.165, 1.54) is 0 Å². The van der Waals surface area contributed by atoms with Gasteiger partial charge in [-0.2, -0.15) is 0 Å². The first kappa shape index (κ1) is 12.0. The van der Waals surface area contributed by atoms with Crippen LogP contribution >= 0.6 is 0 Å². The fraction of sp³-hybridized carbons (Fsp3) is 1.00. The predicted octanol–water partition coefficient (Wildman–Crippen LogP) is 0.620. The average Bonchev–Trinajstić information content (AvgIpc) is 2.01. The van der Waals surface area contributed by atoms with Gasteiger partial charge in [-0.1, -0.05) is 6.92 Å². The molecule has 3 nitrogen and oxygen atoms in total. The van der Waals surface area contributed by atoms with Crippen LogP contribution in [0.25, 0.3) is 0 Å². The van der Waals surface area contributed by atoms with Gasteiger partial charge < -0.3 is 10.2 Å². The molecular formula is C11H25N3. The smallest absolute Gasteiger partial charge is 0.0353 e. The molecule has 84 valence electrons. The van der Waals surface area contributed by atoms with Gasteiger partial charge in [0.1, 0.15) is 0 Å². The molecule has 1 unspecified atom stereocenters. The maximum absolute atomic E-state index is 3.53. The van der Waals surface area contributed by atoms with E-state index in [-0.39, 0.29) is 0 Å². The summed E-state index contributed by atoms with van der Waals surface area (Å²) in [6.45, 7) is 11.4. The summed E-state index contributed by atoms with van der Waals surface area (Å²) in [5, 5.41) is 3.53. The fourth-order valence-corrected chi connectivity index (χ4v) is 2.52. The summed E-state index contributed by atoms with van der Waals surface area (Å²) in [6.07, 6.45) is 0. The van der Waals surface area contributed by atoms with Gasteiger partial charge in [-0.05, 0) is 34.5 Å². The van der Waals surface area contributed by atoms with Gasteiger partial charge in [0.05, 0.1) is 0 Å². The van der Waals surface area contributed by atoms with Gasteiger partial charge in [0, 0.05) is 31.2 Å². The van der Waals surface area contributed by atoms with Crippen molar-refractivity contribution in [1.29, 1.82) is 0 Å². The van der Waals surface area contributed by atoms with Crippen LogP contribution in [-0.4, -0.2) is 61.7 Å². The molecule has 1 heterocycles. The van der Waals surface area contributed by atoms with Crippen molar-refractivity contribution in [3.05, 3.63) is 0 Å². The molecule has 0 spiro atoms. The Balaban J connectivity index is 2.64. The minimum absolute atomic E-state index is 0.299. The Morgan fingerprint density at radius 2 is 2.07 bits per heavy atom. The number of piperazine rings is 1. The summed E-state index contributed by atoms with van der Waals surface area (Å²) in [6, 6.07) is 0.652. The molecule has 1 fully saturated rings. The number of rotatable bonds is 3. The normalized spacial score (nSPS) is 28.3. The molecule has 0 saturated carbocycles. The number of hydrogen-bond acceptors (Lipinski definition) is 3. The largest absolute Gasteiger partial charge is 0.313 e. The molecule has 14 heavy (non-hydrogen) atoms. The zero-order chi connectivity index (χ0) is 10.8. The monoisotopic (exact) mass is 199 g/mol. The summed E-state index contributed by atoms with van der Waals surface area (Å²) in [5.74, 6) is 0. The van der Waals surface area contributed by atoms with Crippen molar-refractivity contribution in [1.82, 2.24) is 15.1 Å². The first-order valence-corrected chi connectivity index (χ1v) is 5.59. The van der Waals surface area contributed by atoms with Crippen LogP contribution < -0.4 is 5.32 Å². The third-order valence-corrected chi connectivity index (χ3v) is 3.07. The van der Waals surface area contributed by atoms with Crippen LogP contribution in [0.1, 0.15) is 20.8 Å². The Hall–Kier alpha value is -0.120. The quantitative estimate of drug-likeness (QED) is 0.719. The van der Waals surface area contributed by atoms with Gasteiger partial charge >= 0.3 is 0 Å². The molecule has 0 aromatic carbocycles. The van der Waals surface area contributed by atoms with Gasteiger partial charge in [0.25, 0.3) is 0 Å². The van der Waals surface area contributed by atoms with E-state index < -0.39 is 0 Å². The summed E-state index contributed by atoms with van der Waals surface area (Å²) in [4.78, 5) is 4.89. The van der Waals surface area contributed by atoms with Crippen LogP contribution in [-0.2, 0) is 0 Å². The van der Waals surface area contributed by atoms with Gasteiger partial charge in [0.2, 0.25) is 0 Å². The summed E-state index contributed by atoms with van der Waals surface area (Å²) < 4.78 is 0. The number of nitrogens with zero attached hydrogens (tertiary/aromatic N) is 2. The number of likely N-dealkylation sites (N-methyl/N-ethyl adjacent to an activating group) is 2. The van der Waals surface area contributed by atoms with Gasteiger partial charge in [0.15, 0.2) is 0 Å². The molecule has 1 rings (SSSR count). The SMILES string of the molecule is CCN1C(CN(C)C)CNCC1(C)C. The third kappa shape index (κ3) is 2.69. The molecule has 0 aliphatic carbocycles. The molecule has 1 aliphatic heterocycles. The number of nitrogens with one attached hydrogen (secondary N) is 1. The van der Waals surface area contributed by atoms with Crippen molar-refractivity contribution in [2.75, 3.05) is 40.3 Å². The van der Waals surface area contributed by atoms with Crippen LogP contribution in [0, 0.1) is 0 Å². The maximum Gasteiger partial charge on any atom is 0.0353 e. The fourth-order valence-electron chi connectivity index (χ4n) is 2.52. The second kappa shape index (κ2) is 4.60. The minimum Gasteiger partial charge on any atom is -0.313 e. The standard InChI is InChI=1S/C11H25N3/c1-6-14-10(8-13(4)5)7-12-9-11(14,2)3/h10,12H,6-9H2,1-5H3. The van der Waals surface area contributed by atoms with E-state index in [4.69, 9.17) is 0 Å². The zero-order valence-corrected chi connectivity index (χ0v) is 10.3. The maximum atomic E-state index is 3.53. The highest BCUT2D eigenvalue weighted by atomic mass is 15.3. The lowest BCUT2D eigenvalue weighted by atomic mass is 9.96. The van der Waals surface area contributed by atoms with E-state index in [2.05, 4.69) is 50.0 Å². The van der Waals surface area contributed by atoms with Crippen molar-refractivity contribution in [2.24, 2.45) is 0 Å². The lowest BCUT2D eigenvalue weighted by Gasteiger charge is -2.48. The number of hydrogen-bond donors (Lipinski definition) is 1. The van der Waals surface area contributed by atoms with E-state index in [9.17, 15) is 0 Å². The Kier molecular flexibility index (Phi) is 3.93. The first-order valence-electron chi connectivity index (χ1n) is 5.59. The molecule has 0 aromatic rings. The summed E-state index contributed by atoms with van der Waals surface area (Å²) >= 11 is 0. The molecule has 0 aromatic heterocycles. The lowest BCUT2D eigenvalue weighted by Crippen LogP contribution is -2.64. The molecule has 0 radical (unpaired) electrons. The van der Waals surface area contributed by atoms with E-state index >= 15 is 0 Å². The van der Waals surface area contributed by atoms with E-state index in [0.29, 0.717) is 11.6 Å². The predicted molar refractivity (Wildman–Crippen MR) is 61.7 cm³/mol. The minimum atomic E-state index is 0.299. The molecular weight excluding hydrogens is 174 g/mol. The first-order chi connectivity index (χ1) is 6.47. The molecule has 1 saturated heterocycles. The second-order valence-electron chi connectivity index (χ2n) is 5.15. The molecule has 1 aliphatic rings. The van der Waals surface area contributed by atoms with E-state index in [1.807, 2.05) is 0 Å². The molecule has 3 heteroatoms. The van der Waals surface area contributed by atoms with Crippen molar-refractivity contribution in [3.63, 3.8) is 0 Å². The third-order valence-electron chi connectivity index (χ3n) is 3.07. The van der Waals surface area contributed by atoms with Crippen LogP contribution in [0.2, 0.25) is 0 Å². The Labute approximate surface area is 88.5 Å². The van der Waals surface area contributed by atoms with E-state index in [0.717, 1.165) is 26.2 Å². The van der Waals surface area contributed by atoms with Crippen LogP contribution in [0.4, 0.5) is 0 Å². The molecule has 0 amide bonds. The topological polar surface area (TPSA) is 18.5 Å². The van der Waals surface area contributed by atoms with E-state index in [1.54, 1.807) is 0 Å². The molecule has 0 bridgehead atoms. The van der Waals surface area contributed by atoms with Crippen molar-refractivity contribution in [2.45, 2.75) is 32.4 Å². The van der Waals surface area contributed by atoms with Crippen LogP contribution in [0.3, 0.4) is 0 Å². The molecule has 1 atom stereocenters. The van der Waals surface area contributed by atoms with Crippen molar-refractivity contribution >= 4 is 0 Å². The van der Waals surface area contributed by atoms with Gasteiger partial charge in [-0.15, -0.1) is 0 Å². The Morgan fingerprint density at radius 3 is 2.57 bits per heavy atom. The molecule has 1 N–H and O–H groups in total. The van der Waals surface area contributed by atoms with Crippen molar-refractivity contribution in [3.8, 4) is 0 Å². The van der Waals surface area contributed by atoms with Crippen LogP contribution in [0.15, 0.2) is 0 Å². The van der Waals surface area contributed by atoms with Gasteiger partial charge in [-0.3, -0.25) is 4.90 Å². The van der Waals surface area contributed by atoms with Crippen molar-refractivity contribution < 1.29 is 0 Å². The second-order valence-corrected chi connectivity index (χ2v) is 5.15.